The molecule has 2 aromatic carbocycles. The highest BCUT2D eigenvalue weighted by Crippen LogP contribution is 2.38. The molecule has 7 nitrogen and oxygen atoms in total. The molecule has 0 amide bonds. The van der Waals surface area contributed by atoms with E-state index in [1.807, 2.05) is 42.2 Å². The number of halogens is 1. The lowest BCUT2D eigenvalue weighted by Gasteiger charge is -2.37. The Kier molecular flexibility index (Phi) is 9.18. The molecule has 0 saturated carbocycles. The Hall–Kier alpha value is -2.33. The van der Waals surface area contributed by atoms with E-state index in [0.29, 0.717) is 24.1 Å². The number of rotatable bonds is 8. The fourth-order valence-electron chi connectivity index (χ4n) is 3.74. The summed E-state index contributed by atoms with van der Waals surface area (Å²) in [4.78, 5) is 26.9. The van der Waals surface area contributed by atoms with Crippen molar-refractivity contribution in [2.75, 3.05) is 26.3 Å². The number of aryl methyl sites for hydroxylation is 1. The van der Waals surface area contributed by atoms with Crippen molar-refractivity contribution < 1.29 is 27.5 Å². The van der Waals surface area contributed by atoms with Crippen LogP contribution in [0.1, 0.15) is 23.6 Å². The van der Waals surface area contributed by atoms with Gasteiger partial charge in [0.1, 0.15) is 6.04 Å². The highest BCUT2D eigenvalue weighted by atomic mass is 35.5. The molecule has 0 radical (unpaired) electrons. The highest BCUT2D eigenvalue weighted by molar-refractivity contribution is 8.72. The molecule has 1 aliphatic heterocycles. The third-order valence-electron chi connectivity index (χ3n) is 5.44. The van der Waals surface area contributed by atoms with E-state index in [1.54, 1.807) is 24.3 Å². The van der Waals surface area contributed by atoms with Crippen LogP contribution in [0.3, 0.4) is 0 Å². The van der Waals surface area contributed by atoms with E-state index in [1.165, 1.54) is 13.2 Å². The molecule has 3 rings (SSSR count). The molecule has 1 aliphatic rings. The number of benzene rings is 2. The van der Waals surface area contributed by atoms with Gasteiger partial charge in [0.25, 0.3) is 0 Å². The van der Waals surface area contributed by atoms with Crippen LogP contribution < -0.4 is 0 Å². The highest BCUT2D eigenvalue weighted by Gasteiger charge is 2.36. The van der Waals surface area contributed by atoms with Crippen molar-refractivity contribution in [3.05, 3.63) is 77.4 Å². The van der Waals surface area contributed by atoms with Crippen molar-refractivity contribution in [3.8, 4) is 0 Å². The number of carbonyl (C=O) groups excluding carboxylic acids is 2. The molecule has 0 aliphatic carbocycles. The lowest BCUT2D eigenvalue weighted by molar-refractivity contribution is -0.148. The van der Waals surface area contributed by atoms with Crippen molar-refractivity contribution in [2.45, 2.75) is 29.5 Å². The Labute approximate surface area is 208 Å². The number of hydrogen-bond acceptors (Lipinski definition) is 8. The minimum absolute atomic E-state index is 0.188. The number of carbonyl (C=O) groups is 2. The second-order valence-electron chi connectivity index (χ2n) is 7.74. The molecule has 34 heavy (non-hydrogen) atoms. The maximum absolute atomic E-state index is 13.1. The van der Waals surface area contributed by atoms with Crippen LogP contribution in [0.2, 0.25) is 0 Å². The monoisotopic (exact) mass is 523 g/mol. The lowest BCUT2D eigenvalue weighted by Crippen LogP contribution is -2.43. The lowest BCUT2D eigenvalue weighted by atomic mass is 9.98. The van der Waals surface area contributed by atoms with Gasteiger partial charge in [0.05, 0.1) is 12.0 Å². The molecule has 182 valence electrons. The van der Waals surface area contributed by atoms with Crippen LogP contribution in [0.5, 0.6) is 0 Å². The molecule has 0 spiro atoms. The average Bonchev–Trinajstić information content (AvgIpc) is 2.82. The van der Waals surface area contributed by atoms with Gasteiger partial charge in [-0.3, -0.25) is 4.90 Å². The minimum Gasteiger partial charge on any atom is -0.466 e. The first-order valence-electron chi connectivity index (χ1n) is 10.5. The summed E-state index contributed by atoms with van der Waals surface area (Å²) < 4.78 is 36.0. The predicted molar refractivity (Wildman–Crippen MR) is 132 cm³/mol. The Morgan fingerprint density at radius 3 is 2.47 bits per heavy atom. The number of likely N-dealkylation sites (tertiary alicyclic amines) is 1. The fraction of sp³-hybridized carbons (Fsp3) is 0.333. The molecule has 0 aromatic heterocycles. The van der Waals surface area contributed by atoms with Gasteiger partial charge in [-0.2, -0.15) is 0 Å². The number of methoxy groups -OCH3 is 1. The summed E-state index contributed by atoms with van der Waals surface area (Å²) in [6.07, 6.45) is 1.71. The van der Waals surface area contributed by atoms with Crippen LogP contribution >= 0.6 is 22.4 Å². The van der Waals surface area contributed by atoms with E-state index < -0.39 is 32.1 Å². The SMILES string of the molecule is COC(=O)/C=C1\CN(C(C(=O)OCCl)c2ccccc2)CCC1SS(=O)(=O)c1ccc(C)cc1. The van der Waals surface area contributed by atoms with E-state index in [0.717, 1.165) is 16.4 Å². The van der Waals surface area contributed by atoms with Crippen molar-refractivity contribution in [3.63, 3.8) is 0 Å². The van der Waals surface area contributed by atoms with Crippen LogP contribution in [0.4, 0.5) is 0 Å². The largest absolute Gasteiger partial charge is 0.466 e. The molecule has 0 N–H and O–H groups in total. The predicted octanol–water partition coefficient (Wildman–Crippen LogP) is 4.07. The summed E-state index contributed by atoms with van der Waals surface area (Å²) in [6, 6.07) is 14.7. The number of ether oxygens (including phenoxy) is 2. The first-order chi connectivity index (χ1) is 16.2. The fourth-order valence-corrected chi connectivity index (χ4v) is 7.45. The van der Waals surface area contributed by atoms with Crippen LogP contribution in [0, 0.1) is 6.92 Å². The zero-order chi connectivity index (χ0) is 24.7. The van der Waals surface area contributed by atoms with E-state index in [2.05, 4.69) is 0 Å². The summed E-state index contributed by atoms with van der Waals surface area (Å²) in [7, 11) is -1.61. The van der Waals surface area contributed by atoms with Crippen LogP contribution in [-0.4, -0.2) is 56.8 Å². The van der Waals surface area contributed by atoms with Crippen molar-refractivity contribution in [1.29, 1.82) is 0 Å². The van der Waals surface area contributed by atoms with Gasteiger partial charge in [0.2, 0.25) is 8.87 Å². The Morgan fingerprint density at radius 2 is 1.85 bits per heavy atom. The second-order valence-corrected chi connectivity index (χ2v) is 12.0. The van der Waals surface area contributed by atoms with E-state index in [-0.39, 0.29) is 17.5 Å². The van der Waals surface area contributed by atoms with Crippen molar-refractivity contribution in [2.24, 2.45) is 0 Å². The number of alkyl halides is 1. The molecule has 1 saturated heterocycles. The Balaban J connectivity index is 1.90. The molecule has 1 fully saturated rings. The molecule has 1 heterocycles. The maximum atomic E-state index is 13.1. The number of hydrogen-bond donors (Lipinski definition) is 0. The quantitative estimate of drug-likeness (QED) is 0.221. The van der Waals surface area contributed by atoms with Gasteiger partial charge in [-0.25, -0.2) is 18.0 Å². The first kappa shape index (κ1) is 26.3. The van der Waals surface area contributed by atoms with E-state index in [9.17, 15) is 18.0 Å². The molecule has 0 bridgehead atoms. The van der Waals surface area contributed by atoms with Gasteiger partial charge in [0, 0.05) is 24.4 Å². The third-order valence-corrected chi connectivity index (χ3v) is 9.45. The third kappa shape index (κ3) is 6.63. The normalized spacial score (nSPS) is 18.9. The van der Waals surface area contributed by atoms with Gasteiger partial charge in [-0.15, -0.1) is 0 Å². The number of esters is 2. The first-order valence-corrected chi connectivity index (χ1v) is 14.0. The topological polar surface area (TPSA) is 90.0 Å². The summed E-state index contributed by atoms with van der Waals surface area (Å²) in [5.74, 6) is -1.10. The summed E-state index contributed by atoms with van der Waals surface area (Å²) >= 11 is 5.64. The average molecular weight is 524 g/mol. The van der Waals surface area contributed by atoms with Crippen molar-refractivity contribution >= 4 is 43.2 Å². The van der Waals surface area contributed by atoms with Crippen LogP contribution in [-0.2, 0) is 27.9 Å². The number of piperidine rings is 1. The van der Waals surface area contributed by atoms with E-state index in [4.69, 9.17) is 21.1 Å². The summed E-state index contributed by atoms with van der Waals surface area (Å²) in [5, 5.41) is -0.484. The minimum atomic E-state index is -3.67. The van der Waals surface area contributed by atoms with Gasteiger partial charge >= 0.3 is 11.9 Å². The molecule has 10 heteroatoms. The Morgan fingerprint density at radius 1 is 1.18 bits per heavy atom. The molecule has 2 atom stereocenters. The standard InChI is InChI=1S/C24H26ClNO6S2/c1-17-8-10-20(11-9-17)34(29,30)33-21-12-13-26(15-19(21)14-22(27)31-2)23(24(28)32-16-25)18-6-4-3-5-7-18/h3-11,14,21,23H,12-13,15-16H2,1-2H3/b19-14+. The van der Waals surface area contributed by atoms with Gasteiger partial charge in [-0.05, 0) is 47.4 Å². The molecular formula is C24H26ClNO6S2. The maximum Gasteiger partial charge on any atom is 0.330 e. The van der Waals surface area contributed by atoms with Crippen LogP contribution in [0.15, 0.2) is 71.1 Å². The zero-order valence-corrected chi connectivity index (χ0v) is 21.2. The molecule has 2 unspecified atom stereocenters. The number of nitrogens with zero attached hydrogens (tertiary/aromatic N) is 1. The van der Waals surface area contributed by atoms with Crippen LogP contribution in [0.25, 0.3) is 0 Å². The second kappa shape index (κ2) is 11.9. The summed E-state index contributed by atoms with van der Waals surface area (Å²) in [6.45, 7) is 2.48. The zero-order valence-electron chi connectivity index (χ0n) is 18.8. The Bertz CT molecular complexity index is 1140. The van der Waals surface area contributed by atoms with Gasteiger partial charge in [-0.1, -0.05) is 59.6 Å². The summed E-state index contributed by atoms with van der Waals surface area (Å²) in [5.41, 5.74) is 2.23. The smallest absolute Gasteiger partial charge is 0.330 e. The molecular weight excluding hydrogens is 498 g/mol. The van der Waals surface area contributed by atoms with Gasteiger partial charge in [0.15, 0.2) is 6.07 Å². The van der Waals surface area contributed by atoms with Gasteiger partial charge < -0.3 is 9.47 Å². The van der Waals surface area contributed by atoms with E-state index >= 15 is 0 Å². The molecule has 2 aromatic rings. The van der Waals surface area contributed by atoms with Crippen molar-refractivity contribution in [1.82, 2.24) is 4.90 Å².